The van der Waals surface area contributed by atoms with E-state index in [1.54, 1.807) is 18.2 Å². The lowest BCUT2D eigenvalue weighted by atomic mass is 10.1. The highest BCUT2D eigenvalue weighted by Gasteiger charge is 2.28. The molecular weight excluding hydrogens is 318 g/mol. The van der Waals surface area contributed by atoms with E-state index in [2.05, 4.69) is 10.6 Å². The summed E-state index contributed by atoms with van der Waals surface area (Å²) in [6, 6.07) is 14.5. The van der Waals surface area contributed by atoms with Gasteiger partial charge in [0, 0.05) is 5.69 Å². The monoisotopic (exact) mass is 337 g/mol. The normalized spacial score (nSPS) is 13.7. The Morgan fingerprint density at radius 2 is 1.96 bits per heavy atom. The molecule has 2 aromatic carbocycles. The van der Waals surface area contributed by atoms with E-state index in [9.17, 15) is 14.4 Å². The molecule has 25 heavy (non-hydrogen) atoms. The van der Waals surface area contributed by atoms with E-state index in [0.29, 0.717) is 12.1 Å². The number of carbonyl (C=O) groups is 3. The van der Waals surface area contributed by atoms with Gasteiger partial charge in [0.2, 0.25) is 11.8 Å². The molecule has 1 aliphatic rings. The van der Waals surface area contributed by atoms with Gasteiger partial charge < -0.3 is 10.6 Å². The molecule has 2 N–H and O–H groups in total. The van der Waals surface area contributed by atoms with E-state index in [1.165, 1.54) is 0 Å². The van der Waals surface area contributed by atoms with Crippen molar-refractivity contribution >= 4 is 23.5 Å². The van der Waals surface area contributed by atoms with Gasteiger partial charge in [0.05, 0.1) is 19.5 Å². The number of nitrogens with zero attached hydrogens (tertiary/aromatic N) is 1. The molecule has 1 aliphatic heterocycles. The van der Waals surface area contributed by atoms with Gasteiger partial charge in [-0.2, -0.15) is 0 Å². The van der Waals surface area contributed by atoms with Crippen molar-refractivity contribution in [2.24, 2.45) is 0 Å². The smallest absolute Gasteiger partial charge is 0.324 e. The van der Waals surface area contributed by atoms with Gasteiger partial charge in [0.15, 0.2) is 0 Å². The minimum absolute atomic E-state index is 0.0334. The van der Waals surface area contributed by atoms with E-state index in [0.717, 1.165) is 21.6 Å². The number of benzene rings is 2. The summed E-state index contributed by atoms with van der Waals surface area (Å²) in [5.74, 6) is -0.361. The number of nitrogens with one attached hydrogen (secondary N) is 2. The van der Waals surface area contributed by atoms with Crippen molar-refractivity contribution in [1.82, 2.24) is 10.2 Å². The lowest BCUT2D eigenvalue weighted by molar-refractivity contribution is -0.125. The van der Waals surface area contributed by atoms with Gasteiger partial charge in [-0.1, -0.05) is 36.4 Å². The van der Waals surface area contributed by atoms with Crippen molar-refractivity contribution in [3.63, 3.8) is 0 Å². The Morgan fingerprint density at radius 3 is 2.68 bits per heavy atom. The van der Waals surface area contributed by atoms with E-state index in [1.807, 2.05) is 37.3 Å². The summed E-state index contributed by atoms with van der Waals surface area (Å²) in [4.78, 5) is 36.7. The van der Waals surface area contributed by atoms with Gasteiger partial charge >= 0.3 is 6.03 Å². The fourth-order valence-electron chi connectivity index (χ4n) is 2.73. The van der Waals surface area contributed by atoms with Crippen LogP contribution in [-0.4, -0.2) is 29.3 Å². The molecule has 0 aromatic heterocycles. The quantitative estimate of drug-likeness (QED) is 0.821. The zero-order chi connectivity index (χ0) is 17.8. The summed E-state index contributed by atoms with van der Waals surface area (Å²) in [7, 11) is 0. The van der Waals surface area contributed by atoms with Crippen LogP contribution in [0.3, 0.4) is 0 Å². The number of carbonyl (C=O) groups excluding carboxylic acids is 3. The zero-order valence-corrected chi connectivity index (χ0v) is 13.9. The van der Waals surface area contributed by atoms with Gasteiger partial charge in [-0.15, -0.1) is 0 Å². The van der Waals surface area contributed by atoms with Gasteiger partial charge in [-0.25, -0.2) is 4.79 Å². The molecule has 2 aromatic rings. The Kier molecular flexibility index (Phi) is 4.79. The maximum atomic E-state index is 12.3. The van der Waals surface area contributed by atoms with E-state index < -0.39 is 0 Å². The maximum absolute atomic E-state index is 12.3. The molecule has 0 atom stereocenters. The van der Waals surface area contributed by atoms with Gasteiger partial charge in [0.25, 0.3) is 0 Å². The highest BCUT2D eigenvalue weighted by atomic mass is 16.2. The number of hydrogen-bond donors (Lipinski definition) is 2. The third-order valence-electron chi connectivity index (χ3n) is 4.10. The van der Waals surface area contributed by atoms with Crippen molar-refractivity contribution in [2.45, 2.75) is 19.9 Å². The van der Waals surface area contributed by atoms with Crippen LogP contribution >= 0.6 is 0 Å². The van der Waals surface area contributed by atoms with Crippen molar-refractivity contribution in [3.8, 4) is 0 Å². The molecule has 0 aliphatic carbocycles. The number of anilines is 1. The maximum Gasteiger partial charge on any atom is 0.324 e. The molecule has 0 radical (unpaired) electrons. The number of amides is 4. The van der Waals surface area contributed by atoms with Crippen LogP contribution in [-0.2, 0) is 22.6 Å². The van der Waals surface area contributed by atoms with Crippen molar-refractivity contribution in [1.29, 1.82) is 0 Å². The summed E-state index contributed by atoms with van der Waals surface area (Å²) >= 11 is 0. The average Bonchev–Trinajstić information content (AvgIpc) is 2.89. The molecule has 1 heterocycles. The molecule has 0 saturated carbocycles. The van der Waals surface area contributed by atoms with Crippen LogP contribution in [0.2, 0.25) is 0 Å². The second kappa shape index (κ2) is 7.17. The van der Waals surface area contributed by atoms with Crippen molar-refractivity contribution in [3.05, 3.63) is 65.2 Å². The first-order valence-corrected chi connectivity index (χ1v) is 8.04. The molecule has 4 amide bonds. The fourth-order valence-corrected chi connectivity index (χ4v) is 2.73. The topological polar surface area (TPSA) is 78.5 Å². The first-order valence-electron chi connectivity index (χ1n) is 8.04. The molecular formula is C19H19N3O3. The average molecular weight is 337 g/mol. The molecule has 1 fully saturated rings. The molecule has 6 heteroatoms. The van der Waals surface area contributed by atoms with Crippen LogP contribution in [0.1, 0.15) is 16.7 Å². The third-order valence-corrected chi connectivity index (χ3v) is 4.10. The van der Waals surface area contributed by atoms with E-state index in [-0.39, 0.29) is 30.9 Å². The molecule has 6 nitrogen and oxygen atoms in total. The largest absolute Gasteiger partial charge is 0.329 e. The van der Waals surface area contributed by atoms with Crippen LogP contribution in [0, 0.1) is 6.92 Å². The summed E-state index contributed by atoms with van der Waals surface area (Å²) in [5.41, 5.74) is 3.47. The number of urea groups is 1. The highest BCUT2D eigenvalue weighted by molar-refractivity contribution is 6.01. The summed E-state index contributed by atoms with van der Waals surface area (Å²) in [6.07, 6.45) is 0.296. The van der Waals surface area contributed by atoms with Crippen molar-refractivity contribution < 1.29 is 14.4 Å². The van der Waals surface area contributed by atoms with Gasteiger partial charge in [-0.05, 0) is 35.7 Å². The second-order valence-corrected chi connectivity index (χ2v) is 5.99. The first-order chi connectivity index (χ1) is 12.0. The minimum Gasteiger partial charge on any atom is -0.329 e. The fraction of sp³-hybridized carbons (Fsp3) is 0.211. The van der Waals surface area contributed by atoms with Gasteiger partial charge in [-0.3, -0.25) is 14.5 Å². The lowest BCUT2D eigenvalue weighted by Crippen LogP contribution is -2.30. The summed E-state index contributed by atoms with van der Waals surface area (Å²) in [6.45, 7) is 2.19. The molecule has 1 saturated heterocycles. The van der Waals surface area contributed by atoms with Gasteiger partial charge in [0.1, 0.15) is 0 Å². The molecule has 0 spiro atoms. The van der Waals surface area contributed by atoms with Crippen LogP contribution in [0.4, 0.5) is 10.5 Å². The number of hydrogen-bond acceptors (Lipinski definition) is 3. The summed E-state index contributed by atoms with van der Waals surface area (Å²) < 4.78 is 0. The minimum atomic E-state index is -0.390. The Hall–Kier alpha value is -3.15. The standard InChI is InChI=1S/C19H19N3O3/c1-13-5-2-3-7-15(13)10-17(23)21-16-8-4-6-14(9-16)12-22-18(24)11-20-19(22)25/h2-9H,10-12H2,1H3,(H,20,25)(H,21,23). The second-order valence-electron chi connectivity index (χ2n) is 5.99. The number of imide groups is 1. The molecule has 0 bridgehead atoms. The Morgan fingerprint density at radius 1 is 1.16 bits per heavy atom. The molecule has 3 rings (SSSR count). The Bertz CT molecular complexity index is 816. The lowest BCUT2D eigenvalue weighted by Gasteiger charge is -2.13. The number of rotatable bonds is 5. The van der Waals surface area contributed by atoms with Crippen molar-refractivity contribution in [2.75, 3.05) is 11.9 Å². The molecule has 0 unspecified atom stereocenters. The first kappa shape index (κ1) is 16.7. The SMILES string of the molecule is Cc1ccccc1CC(=O)Nc1cccc(CN2C(=O)CNC2=O)c1. The van der Waals surface area contributed by atoms with Crippen LogP contribution in [0.5, 0.6) is 0 Å². The summed E-state index contributed by atoms with van der Waals surface area (Å²) in [5, 5.41) is 5.35. The van der Waals surface area contributed by atoms with E-state index in [4.69, 9.17) is 0 Å². The number of aryl methyl sites for hydroxylation is 1. The van der Waals surface area contributed by atoms with Crippen LogP contribution in [0.25, 0.3) is 0 Å². The van der Waals surface area contributed by atoms with Crippen LogP contribution in [0.15, 0.2) is 48.5 Å². The predicted molar refractivity (Wildman–Crippen MR) is 93.9 cm³/mol. The Labute approximate surface area is 145 Å². The highest BCUT2D eigenvalue weighted by Crippen LogP contribution is 2.15. The molecule has 128 valence electrons. The zero-order valence-electron chi connectivity index (χ0n) is 13.9. The Balaban J connectivity index is 1.65. The predicted octanol–water partition coefficient (Wildman–Crippen LogP) is 2.23. The van der Waals surface area contributed by atoms with E-state index >= 15 is 0 Å². The van der Waals surface area contributed by atoms with Crippen LogP contribution < -0.4 is 10.6 Å². The third kappa shape index (κ3) is 4.03.